The largest absolute Gasteiger partial charge is 0.330 e. The fourth-order valence-corrected chi connectivity index (χ4v) is 4.04. The van der Waals surface area contributed by atoms with Crippen LogP contribution in [-0.4, -0.2) is 16.3 Å². The van der Waals surface area contributed by atoms with E-state index >= 15 is 0 Å². The molecule has 1 heterocycles. The second-order valence-corrected chi connectivity index (χ2v) is 6.78. The number of nitrogens with two attached hydrogens (primary N) is 1. The van der Waals surface area contributed by atoms with Gasteiger partial charge in [-0.15, -0.1) is 0 Å². The zero-order valence-electron chi connectivity index (χ0n) is 13.0. The van der Waals surface area contributed by atoms with Crippen molar-refractivity contribution in [3.63, 3.8) is 0 Å². The zero-order chi connectivity index (χ0) is 14.7. The third-order valence-electron chi connectivity index (χ3n) is 4.97. The minimum Gasteiger partial charge on any atom is -0.330 e. The summed E-state index contributed by atoms with van der Waals surface area (Å²) >= 11 is 6.41. The summed E-state index contributed by atoms with van der Waals surface area (Å²) in [6, 6.07) is 0. The van der Waals surface area contributed by atoms with Gasteiger partial charge in [0.15, 0.2) is 0 Å². The molecule has 1 aliphatic rings. The molecular weight excluding hydrogens is 270 g/mol. The van der Waals surface area contributed by atoms with Gasteiger partial charge in [0.25, 0.3) is 0 Å². The van der Waals surface area contributed by atoms with Gasteiger partial charge in [0, 0.05) is 7.05 Å². The first-order valence-corrected chi connectivity index (χ1v) is 8.32. The van der Waals surface area contributed by atoms with Crippen molar-refractivity contribution in [1.29, 1.82) is 0 Å². The van der Waals surface area contributed by atoms with Gasteiger partial charge < -0.3 is 5.73 Å². The second kappa shape index (κ2) is 6.95. The highest BCUT2D eigenvalue weighted by molar-refractivity contribution is 6.31. The minimum absolute atomic E-state index is 0.648. The maximum absolute atomic E-state index is 6.41. The Bertz CT molecular complexity index is 441. The molecule has 0 amide bonds. The van der Waals surface area contributed by atoms with Gasteiger partial charge >= 0.3 is 0 Å². The van der Waals surface area contributed by atoms with E-state index in [1.165, 1.54) is 37.8 Å². The molecule has 0 saturated heterocycles. The van der Waals surface area contributed by atoms with Crippen molar-refractivity contribution in [3.05, 3.63) is 16.4 Å². The normalized spacial score (nSPS) is 26.9. The van der Waals surface area contributed by atoms with Crippen molar-refractivity contribution in [3.8, 4) is 0 Å². The lowest BCUT2D eigenvalue weighted by Gasteiger charge is -2.35. The van der Waals surface area contributed by atoms with Crippen LogP contribution in [0.4, 0.5) is 0 Å². The van der Waals surface area contributed by atoms with E-state index < -0.39 is 0 Å². The van der Waals surface area contributed by atoms with Crippen LogP contribution in [0.1, 0.15) is 50.4 Å². The summed E-state index contributed by atoms with van der Waals surface area (Å²) in [5.74, 6) is 2.19. The Kier molecular flexibility index (Phi) is 5.50. The first-order chi connectivity index (χ1) is 9.56. The predicted octanol–water partition coefficient (Wildman–Crippen LogP) is 3.72. The summed E-state index contributed by atoms with van der Waals surface area (Å²) in [5, 5.41) is 5.28. The van der Waals surface area contributed by atoms with Crippen molar-refractivity contribution in [2.75, 3.05) is 6.54 Å². The molecule has 1 aliphatic carbocycles. The summed E-state index contributed by atoms with van der Waals surface area (Å²) in [5.41, 5.74) is 8.12. The molecule has 0 radical (unpaired) electrons. The number of halogens is 1. The molecule has 1 saturated carbocycles. The van der Waals surface area contributed by atoms with Crippen molar-refractivity contribution in [2.45, 2.75) is 52.4 Å². The maximum Gasteiger partial charge on any atom is 0.0847 e. The Morgan fingerprint density at radius 1 is 1.35 bits per heavy atom. The molecule has 0 spiro atoms. The molecule has 2 N–H and O–H groups in total. The van der Waals surface area contributed by atoms with Gasteiger partial charge in [-0.05, 0) is 50.5 Å². The Labute approximate surface area is 127 Å². The Balaban J connectivity index is 2.11. The van der Waals surface area contributed by atoms with Gasteiger partial charge in [0.1, 0.15) is 0 Å². The highest BCUT2D eigenvalue weighted by Crippen LogP contribution is 2.38. The molecule has 4 heteroatoms. The summed E-state index contributed by atoms with van der Waals surface area (Å²) in [6.45, 7) is 5.07. The van der Waals surface area contributed by atoms with E-state index in [1.807, 2.05) is 18.7 Å². The summed E-state index contributed by atoms with van der Waals surface area (Å²) in [6.07, 6.45) is 7.60. The molecule has 3 atom stereocenters. The van der Waals surface area contributed by atoms with Gasteiger partial charge in [-0.2, -0.15) is 5.10 Å². The van der Waals surface area contributed by atoms with Gasteiger partial charge in [0.2, 0.25) is 0 Å². The standard InChI is InChI=1S/C16H28ClN3/c1-4-5-12-6-7-13(10-18)14(8-12)9-15-16(17)11(2)19-20(15)3/h12-14H,4-10,18H2,1-3H3. The van der Waals surface area contributed by atoms with E-state index in [2.05, 4.69) is 12.0 Å². The third-order valence-corrected chi connectivity index (χ3v) is 5.46. The Morgan fingerprint density at radius 3 is 2.65 bits per heavy atom. The molecule has 0 bridgehead atoms. The van der Waals surface area contributed by atoms with E-state index in [0.29, 0.717) is 11.8 Å². The lowest BCUT2D eigenvalue weighted by molar-refractivity contribution is 0.174. The van der Waals surface area contributed by atoms with Crippen LogP contribution in [0.25, 0.3) is 0 Å². The van der Waals surface area contributed by atoms with Gasteiger partial charge in [0.05, 0.1) is 16.4 Å². The minimum atomic E-state index is 0.648. The predicted molar refractivity (Wildman–Crippen MR) is 84.9 cm³/mol. The smallest absolute Gasteiger partial charge is 0.0847 e. The summed E-state index contributed by atoms with van der Waals surface area (Å²) in [4.78, 5) is 0. The second-order valence-electron chi connectivity index (χ2n) is 6.40. The Hall–Kier alpha value is -0.540. The number of hydrogen-bond donors (Lipinski definition) is 1. The topological polar surface area (TPSA) is 43.8 Å². The highest BCUT2D eigenvalue weighted by Gasteiger charge is 2.30. The van der Waals surface area contributed by atoms with Crippen LogP contribution in [0.2, 0.25) is 5.02 Å². The van der Waals surface area contributed by atoms with Gasteiger partial charge in [-0.25, -0.2) is 0 Å². The number of hydrogen-bond acceptors (Lipinski definition) is 2. The third kappa shape index (κ3) is 3.37. The van der Waals surface area contributed by atoms with E-state index in [0.717, 1.165) is 29.6 Å². The number of aryl methyl sites for hydroxylation is 2. The molecule has 1 aromatic rings. The lowest BCUT2D eigenvalue weighted by atomic mass is 9.71. The molecule has 114 valence electrons. The fourth-order valence-electron chi connectivity index (χ4n) is 3.80. The van der Waals surface area contributed by atoms with Crippen LogP contribution >= 0.6 is 11.6 Å². The quantitative estimate of drug-likeness (QED) is 0.900. The molecule has 0 aliphatic heterocycles. The maximum atomic E-state index is 6.41. The molecular formula is C16H28ClN3. The highest BCUT2D eigenvalue weighted by atomic mass is 35.5. The van der Waals surface area contributed by atoms with Crippen molar-refractivity contribution in [1.82, 2.24) is 9.78 Å². The molecule has 20 heavy (non-hydrogen) atoms. The van der Waals surface area contributed by atoms with Crippen LogP contribution in [0.15, 0.2) is 0 Å². The molecule has 0 aromatic carbocycles. The van der Waals surface area contributed by atoms with Gasteiger partial charge in [-0.3, -0.25) is 4.68 Å². The first-order valence-electron chi connectivity index (χ1n) is 7.94. The lowest BCUT2D eigenvalue weighted by Crippen LogP contribution is -2.32. The van der Waals surface area contributed by atoms with Gasteiger partial charge in [-0.1, -0.05) is 37.8 Å². The summed E-state index contributed by atoms with van der Waals surface area (Å²) < 4.78 is 1.95. The van der Waals surface area contributed by atoms with Crippen LogP contribution < -0.4 is 5.73 Å². The Morgan fingerprint density at radius 2 is 2.10 bits per heavy atom. The first kappa shape index (κ1) is 15.8. The molecule has 1 aromatic heterocycles. The average Bonchev–Trinajstić information content (AvgIpc) is 2.66. The zero-order valence-corrected chi connectivity index (χ0v) is 13.8. The fraction of sp³-hybridized carbons (Fsp3) is 0.812. The molecule has 3 unspecified atom stereocenters. The average molecular weight is 298 g/mol. The van der Waals surface area contributed by atoms with Crippen LogP contribution in [0, 0.1) is 24.7 Å². The molecule has 1 fully saturated rings. The van der Waals surface area contributed by atoms with Crippen LogP contribution in [0.5, 0.6) is 0 Å². The van der Waals surface area contributed by atoms with E-state index in [9.17, 15) is 0 Å². The van der Waals surface area contributed by atoms with E-state index in [-0.39, 0.29) is 0 Å². The van der Waals surface area contributed by atoms with Crippen molar-refractivity contribution in [2.24, 2.45) is 30.5 Å². The van der Waals surface area contributed by atoms with Crippen LogP contribution in [-0.2, 0) is 13.5 Å². The SMILES string of the molecule is CCCC1CCC(CN)C(Cc2c(Cl)c(C)nn2C)C1. The molecule has 3 nitrogen and oxygen atoms in total. The number of rotatable bonds is 5. The number of aromatic nitrogens is 2. The van der Waals surface area contributed by atoms with E-state index in [1.54, 1.807) is 0 Å². The molecule has 2 rings (SSSR count). The van der Waals surface area contributed by atoms with Crippen molar-refractivity contribution >= 4 is 11.6 Å². The summed E-state index contributed by atoms with van der Waals surface area (Å²) in [7, 11) is 2.00. The van der Waals surface area contributed by atoms with Crippen molar-refractivity contribution < 1.29 is 0 Å². The monoisotopic (exact) mass is 297 g/mol. The van der Waals surface area contributed by atoms with E-state index in [4.69, 9.17) is 17.3 Å². The number of nitrogens with zero attached hydrogens (tertiary/aromatic N) is 2. The van der Waals surface area contributed by atoms with Crippen LogP contribution in [0.3, 0.4) is 0 Å².